The van der Waals surface area contributed by atoms with Crippen molar-refractivity contribution in [1.82, 2.24) is 4.98 Å². The Bertz CT molecular complexity index is 271. The molecule has 1 heterocycles. The van der Waals surface area contributed by atoms with Gasteiger partial charge < -0.3 is 10.6 Å². The minimum absolute atomic E-state index is 0.494. The SMILES string of the molecule is CC(C)N(C)c1ccnc(CN)c1. The fourth-order valence-electron chi connectivity index (χ4n) is 1.09. The van der Waals surface area contributed by atoms with E-state index >= 15 is 0 Å². The molecule has 0 bridgehead atoms. The van der Waals surface area contributed by atoms with Gasteiger partial charge in [-0.25, -0.2) is 0 Å². The van der Waals surface area contributed by atoms with E-state index in [0.717, 1.165) is 5.69 Å². The molecule has 0 aliphatic rings. The largest absolute Gasteiger partial charge is 0.372 e. The van der Waals surface area contributed by atoms with Crippen LogP contribution in [0.15, 0.2) is 18.3 Å². The Labute approximate surface area is 79.6 Å². The molecular weight excluding hydrogens is 162 g/mol. The molecule has 1 rings (SSSR count). The Kier molecular flexibility index (Phi) is 3.25. The summed E-state index contributed by atoms with van der Waals surface area (Å²) in [6.45, 7) is 4.81. The van der Waals surface area contributed by atoms with E-state index in [-0.39, 0.29) is 0 Å². The molecule has 72 valence electrons. The first-order valence-corrected chi connectivity index (χ1v) is 4.53. The molecule has 0 spiro atoms. The summed E-state index contributed by atoms with van der Waals surface area (Å²) >= 11 is 0. The second kappa shape index (κ2) is 4.23. The van der Waals surface area contributed by atoms with Gasteiger partial charge in [0.05, 0.1) is 5.69 Å². The van der Waals surface area contributed by atoms with Crippen molar-refractivity contribution >= 4 is 5.69 Å². The lowest BCUT2D eigenvalue weighted by Gasteiger charge is -2.23. The van der Waals surface area contributed by atoms with E-state index in [2.05, 4.69) is 30.8 Å². The highest BCUT2D eigenvalue weighted by Gasteiger charge is 2.04. The summed E-state index contributed by atoms with van der Waals surface area (Å²) < 4.78 is 0. The number of hydrogen-bond donors (Lipinski definition) is 1. The van der Waals surface area contributed by atoms with Crippen LogP contribution in [0.25, 0.3) is 0 Å². The zero-order chi connectivity index (χ0) is 9.84. The molecule has 0 saturated heterocycles. The lowest BCUT2D eigenvalue weighted by molar-refractivity contribution is 0.752. The molecule has 13 heavy (non-hydrogen) atoms. The van der Waals surface area contributed by atoms with Crippen molar-refractivity contribution in [1.29, 1.82) is 0 Å². The third-order valence-electron chi connectivity index (χ3n) is 2.19. The highest BCUT2D eigenvalue weighted by molar-refractivity contribution is 5.46. The molecule has 2 N–H and O–H groups in total. The molecule has 0 saturated carbocycles. The first-order chi connectivity index (χ1) is 6.15. The number of anilines is 1. The molecule has 0 aliphatic carbocycles. The van der Waals surface area contributed by atoms with Crippen LogP contribution in [0, 0.1) is 0 Å². The van der Waals surface area contributed by atoms with Gasteiger partial charge in [-0.2, -0.15) is 0 Å². The number of hydrogen-bond acceptors (Lipinski definition) is 3. The normalized spacial score (nSPS) is 10.5. The van der Waals surface area contributed by atoms with E-state index in [1.54, 1.807) is 6.20 Å². The summed E-state index contributed by atoms with van der Waals surface area (Å²) in [6.07, 6.45) is 1.80. The van der Waals surface area contributed by atoms with Gasteiger partial charge in [0.15, 0.2) is 0 Å². The van der Waals surface area contributed by atoms with E-state index < -0.39 is 0 Å². The van der Waals surface area contributed by atoms with Gasteiger partial charge in [0.2, 0.25) is 0 Å². The molecule has 3 heteroatoms. The minimum Gasteiger partial charge on any atom is -0.372 e. The van der Waals surface area contributed by atoms with Crippen molar-refractivity contribution in [2.75, 3.05) is 11.9 Å². The Morgan fingerprint density at radius 2 is 2.23 bits per heavy atom. The van der Waals surface area contributed by atoms with Crippen LogP contribution < -0.4 is 10.6 Å². The summed E-state index contributed by atoms with van der Waals surface area (Å²) in [4.78, 5) is 6.34. The van der Waals surface area contributed by atoms with Crippen LogP contribution in [0.3, 0.4) is 0 Å². The molecular formula is C10H17N3. The number of aromatic nitrogens is 1. The predicted octanol–water partition coefficient (Wildman–Crippen LogP) is 1.38. The van der Waals surface area contributed by atoms with Crippen molar-refractivity contribution < 1.29 is 0 Å². The summed E-state index contributed by atoms with van der Waals surface area (Å²) in [5, 5.41) is 0. The predicted molar refractivity (Wildman–Crippen MR) is 55.7 cm³/mol. The van der Waals surface area contributed by atoms with Crippen molar-refractivity contribution in [3.63, 3.8) is 0 Å². The zero-order valence-corrected chi connectivity index (χ0v) is 8.49. The summed E-state index contributed by atoms with van der Waals surface area (Å²) in [7, 11) is 2.07. The number of rotatable bonds is 3. The van der Waals surface area contributed by atoms with E-state index in [1.165, 1.54) is 5.69 Å². The highest BCUT2D eigenvalue weighted by atomic mass is 15.1. The molecule has 0 atom stereocenters. The first kappa shape index (κ1) is 9.99. The molecule has 0 amide bonds. The Hall–Kier alpha value is -1.09. The monoisotopic (exact) mass is 179 g/mol. The fraction of sp³-hybridized carbons (Fsp3) is 0.500. The first-order valence-electron chi connectivity index (χ1n) is 4.53. The molecule has 1 aromatic heterocycles. The summed E-state index contributed by atoms with van der Waals surface area (Å²) in [5.74, 6) is 0. The van der Waals surface area contributed by atoms with Crippen molar-refractivity contribution in [3.8, 4) is 0 Å². The second-order valence-electron chi connectivity index (χ2n) is 3.41. The molecule has 0 fully saturated rings. The van der Waals surface area contributed by atoms with Crippen molar-refractivity contribution in [2.24, 2.45) is 5.73 Å². The molecule has 0 radical (unpaired) electrons. The maximum Gasteiger partial charge on any atom is 0.0560 e. The third kappa shape index (κ3) is 2.42. The van der Waals surface area contributed by atoms with Gasteiger partial charge in [0, 0.05) is 31.5 Å². The van der Waals surface area contributed by atoms with Gasteiger partial charge >= 0.3 is 0 Å². The van der Waals surface area contributed by atoms with Gasteiger partial charge in [-0.05, 0) is 26.0 Å². The maximum atomic E-state index is 5.51. The van der Waals surface area contributed by atoms with E-state index in [0.29, 0.717) is 12.6 Å². The van der Waals surface area contributed by atoms with Gasteiger partial charge in [0.1, 0.15) is 0 Å². The minimum atomic E-state index is 0.494. The summed E-state index contributed by atoms with van der Waals surface area (Å²) in [5.41, 5.74) is 7.62. The quantitative estimate of drug-likeness (QED) is 0.762. The Morgan fingerprint density at radius 1 is 1.54 bits per heavy atom. The number of nitrogens with two attached hydrogens (primary N) is 1. The molecule has 0 aromatic carbocycles. The second-order valence-corrected chi connectivity index (χ2v) is 3.41. The smallest absolute Gasteiger partial charge is 0.0560 e. The number of nitrogens with zero attached hydrogens (tertiary/aromatic N) is 2. The van der Waals surface area contributed by atoms with Crippen LogP contribution in [0.5, 0.6) is 0 Å². The van der Waals surface area contributed by atoms with Gasteiger partial charge in [-0.3, -0.25) is 4.98 Å². The maximum absolute atomic E-state index is 5.51. The topological polar surface area (TPSA) is 42.2 Å². The fourth-order valence-corrected chi connectivity index (χ4v) is 1.09. The van der Waals surface area contributed by atoms with Gasteiger partial charge in [-0.1, -0.05) is 0 Å². The standard InChI is InChI=1S/C10H17N3/c1-8(2)13(3)10-4-5-12-9(6-10)7-11/h4-6,8H,7,11H2,1-3H3. The zero-order valence-electron chi connectivity index (χ0n) is 8.49. The molecule has 3 nitrogen and oxygen atoms in total. The van der Waals surface area contributed by atoms with Crippen LogP contribution in [-0.4, -0.2) is 18.1 Å². The molecule has 0 aliphatic heterocycles. The Morgan fingerprint density at radius 3 is 2.77 bits per heavy atom. The summed E-state index contributed by atoms with van der Waals surface area (Å²) in [6, 6.07) is 4.52. The van der Waals surface area contributed by atoms with Crippen LogP contribution >= 0.6 is 0 Å². The van der Waals surface area contributed by atoms with Crippen LogP contribution in [0.4, 0.5) is 5.69 Å². The van der Waals surface area contributed by atoms with Gasteiger partial charge in [0.25, 0.3) is 0 Å². The Balaban J connectivity index is 2.88. The van der Waals surface area contributed by atoms with E-state index in [4.69, 9.17) is 5.73 Å². The highest BCUT2D eigenvalue weighted by Crippen LogP contribution is 2.14. The average molecular weight is 179 g/mol. The van der Waals surface area contributed by atoms with Crippen LogP contribution in [0.1, 0.15) is 19.5 Å². The van der Waals surface area contributed by atoms with E-state index in [1.807, 2.05) is 12.1 Å². The van der Waals surface area contributed by atoms with E-state index in [9.17, 15) is 0 Å². The van der Waals surface area contributed by atoms with Crippen LogP contribution in [0.2, 0.25) is 0 Å². The lowest BCUT2D eigenvalue weighted by atomic mass is 10.2. The lowest BCUT2D eigenvalue weighted by Crippen LogP contribution is -2.25. The van der Waals surface area contributed by atoms with Crippen LogP contribution in [-0.2, 0) is 6.54 Å². The number of pyridine rings is 1. The molecule has 1 aromatic rings. The third-order valence-corrected chi connectivity index (χ3v) is 2.19. The average Bonchev–Trinajstić information content (AvgIpc) is 2.16. The van der Waals surface area contributed by atoms with Crippen molar-refractivity contribution in [3.05, 3.63) is 24.0 Å². The van der Waals surface area contributed by atoms with Gasteiger partial charge in [-0.15, -0.1) is 0 Å². The van der Waals surface area contributed by atoms with Crippen molar-refractivity contribution in [2.45, 2.75) is 26.4 Å². The molecule has 0 unspecified atom stereocenters.